The Morgan fingerprint density at radius 2 is 2.04 bits per heavy atom. The molecule has 4 rings (SSSR count). The first-order valence-corrected chi connectivity index (χ1v) is 9.00. The van der Waals surface area contributed by atoms with E-state index in [9.17, 15) is 4.39 Å². The maximum atomic E-state index is 13.7. The summed E-state index contributed by atoms with van der Waals surface area (Å²) in [5.41, 5.74) is 5.93. The van der Waals surface area contributed by atoms with Gasteiger partial charge in [0.1, 0.15) is 11.6 Å². The molecular formula is C21H23FN2O. The summed E-state index contributed by atoms with van der Waals surface area (Å²) in [4.78, 5) is 3.52. The highest BCUT2D eigenvalue weighted by atomic mass is 19.1. The van der Waals surface area contributed by atoms with Crippen LogP contribution in [0.2, 0.25) is 0 Å². The fourth-order valence-corrected chi connectivity index (χ4v) is 3.89. The molecule has 1 aliphatic rings. The zero-order chi connectivity index (χ0) is 17.4. The molecular weight excluding hydrogens is 315 g/mol. The van der Waals surface area contributed by atoms with Crippen LogP contribution >= 0.6 is 0 Å². The second-order valence-corrected chi connectivity index (χ2v) is 6.49. The van der Waals surface area contributed by atoms with E-state index in [1.54, 1.807) is 6.07 Å². The maximum Gasteiger partial charge on any atom is 0.123 e. The van der Waals surface area contributed by atoms with Gasteiger partial charge in [0.05, 0.1) is 12.6 Å². The van der Waals surface area contributed by atoms with Gasteiger partial charge in [-0.3, -0.25) is 0 Å². The van der Waals surface area contributed by atoms with Gasteiger partial charge in [0.2, 0.25) is 0 Å². The summed E-state index contributed by atoms with van der Waals surface area (Å²) in [6.07, 6.45) is 1.85. The largest absolute Gasteiger partial charge is 0.494 e. The Hall–Kier alpha value is -2.33. The lowest BCUT2D eigenvalue weighted by atomic mass is 9.90. The molecule has 130 valence electrons. The third kappa shape index (κ3) is 2.81. The van der Waals surface area contributed by atoms with Crippen LogP contribution < -0.4 is 10.1 Å². The van der Waals surface area contributed by atoms with Crippen LogP contribution in [-0.2, 0) is 12.8 Å². The third-order valence-corrected chi connectivity index (χ3v) is 5.03. The molecule has 3 nitrogen and oxygen atoms in total. The molecule has 3 aromatic rings. The normalized spacial score (nSPS) is 16.8. The Labute approximate surface area is 147 Å². The quantitative estimate of drug-likeness (QED) is 0.735. The van der Waals surface area contributed by atoms with E-state index in [4.69, 9.17) is 4.74 Å². The second-order valence-electron chi connectivity index (χ2n) is 6.49. The Morgan fingerprint density at radius 1 is 1.16 bits per heavy atom. The fourth-order valence-electron chi connectivity index (χ4n) is 3.89. The van der Waals surface area contributed by atoms with Crippen LogP contribution in [0.25, 0.3) is 10.9 Å². The first kappa shape index (κ1) is 16.2. The number of halogens is 1. The predicted octanol–water partition coefficient (Wildman–Crippen LogP) is 4.50. The average Bonchev–Trinajstić information content (AvgIpc) is 3.00. The lowest BCUT2D eigenvalue weighted by Crippen LogP contribution is -2.31. The second kappa shape index (κ2) is 6.52. The minimum atomic E-state index is -0.181. The third-order valence-electron chi connectivity index (χ3n) is 5.03. The van der Waals surface area contributed by atoms with Crippen molar-refractivity contribution in [1.82, 2.24) is 10.3 Å². The molecule has 1 unspecified atom stereocenters. The van der Waals surface area contributed by atoms with Gasteiger partial charge in [-0.05, 0) is 66.8 Å². The molecule has 0 fully saturated rings. The Kier molecular flexibility index (Phi) is 4.22. The van der Waals surface area contributed by atoms with Crippen LogP contribution in [0.1, 0.15) is 42.3 Å². The number of H-pyrrole nitrogens is 1. The van der Waals surface area contributed by atoms with E-state index in [0.717, 1.165) is 41.7 Å². The minimum Gasteiger partial charge on any atom is -0.494 e. The number of hydrogen-bond acceptors (Lipinski definition) is 2. The molecule has 0 aliphatic carbocycles. The summed E-state index contributed by atoms with van der Waals surface area (Å²) in [7, 11) is 0. The number of aromatic nitrogens is 1. The molecule has 0 spiro atoms. The van der Waals surface area contributed by atoms with Gasteiger partial charge in [0, 0.05) is 23.1 Å². The molecule has 0 radical (unpaired) electrons. The molecule has 2 heterocycles. The van der Waals surface area contributed by atoms with Crippen LogP contribution in [-0.4, -0.2) is 18.1 Å². The van der Waals surface area contributed by atoms with Gasteiger partial charge in [0.25, 0.3) is 0 Å². The molecule has 1 aliphatic heterocycles. The Bertz CT molecular complexity index is 916. The first-order chi connectivity index (χ1) is 12.2. The maximum absolute atomic E-state index is 13.7. The van der Waals surface area contributed by atoms with Crippen LogP contribution in [0.3, 0.4) is 0 Å². The van der Waals surface area contributed by atoms with Crippen molar-refractivity contribution in [2.24, 2.45) is 0 Å². The number of nitrogens with one attached hydrogen (secondary N) is 2. The van der Waals surface area contributed by atoms with E-state index in [1.807, 2.05) is 19.1 Å². The average molecular weight is 338 g/mol. The summed E-state index contributed by atoms with van der Waals surface area (Å²) in [5, 5.41) is 4.63. The minimum absolute atomic E-state index is 0.102. The van der Waals surface area contributed by atoms with Crippen molar-refractivity contribution in [3.05, 3.63) is 64.6 Å². The van der Waals surface area contributed by atoms with E-state index < -0.39 is 0 Å². The number of aromatic amines is 1. The number of aryl methyl sites for hydroxylation is 1. The lowest BCUT2D eigenvalue weighted by molar-refractivity contribution is 0.339. The van der Waals surface area contributed by atoms with Crippen molar-refractivity contribution >= 4 is 10.9 Å². The highest BCUT2D eigenvalue weighted by Crippen LogP contribution is 2.36. The standard InChI is InChI=1S/C21H23FN2O/c1-3-13-11-15(25-4-2)6-7-16(13)20-21-17(9-10-23-20)18-12-14(22)5-8-19(18)24-21/h5-8,11-12,20,23-24H,3-4,9-10H2,1-2H3. The van der Waals surface area contributed by atoms with Gasteiger partial charge in [-0.15, -0.1) is 0 Å². The number of benzene rings is 2. The molecule has 1 aromatic heterocycles. The zero-order valence-electron chi connectivity index (χ0n) is 14.7. The van der Waals surface area contributed by atoms with Gasteiger partial charge in [-0.2, -0.15) is 0 Å². The summed E-state index contributed by atoms with van der Waals surface area (Å²) in [6, 6.07) is 11.4. The van der Waals surface area contributed by atoms with Gasteiger partial charge < -0.3 is 15.0 Å². The molecule has 0 saturated heterocycles. The lowest BCUT2D eigenvalue weighted by Gasteiger charge is -2.27. The predicted molar refractivity (Wildman–Crippen MR) is 98.8 cm³/mol. The number of fused-ring (bicyclic) bond motifs is 3. The SMILES string of the molecule is CCOc1ccc(C2NCCc3c2[nH]c2ccc(F)cc32)c(CC)c1. The summed E-state index contributed by atoms with van der Waals surface area (Å²) < 4.78 is 19.3. The number of rotatable bonds is 4. The van der Waals surface area contributed by atoms with Crippen LogP contribution in [0.4, 0.5) is 4.39 Å². The van der Waals surface area contributed by atoms with Crippen molar-refractivity contribution in [3.63, 3.8) is 0 Å². The molecule has 0 bridgehead atoms. The molecule has 0 saturated carbocycles. The molecule has 1 atom stereocenters. The summed E-state index contributed by atoms with van der Waals surface area (Å²) in [5.74, 6) is 0.734. The van der Waals surface area contributed by atoms with Crippen molar-refractivity contribution in [2.45, 2.75) is 32.7 Å². The van der Waals surface area contributed by atoms with Crippen molar-refractivity contribution in [3.8, 4) is 5.75 Å². The molecule has 2 N–H and O–H groups in total. The Balaban J connectivity index is 1.82. The highest BCUT2D eigenvalue weighted by Gasteiger charge is 2.26. The molecule has 25 heavy (non-hydrogen) atoms. The van der Waals surface area contributed by atoms with Gasteiger partial charge in [0.15, 0.2) is 0 Å². The smallest absolute Gasteiger partial charge is 0.123 e. The van der Waals surface area contributed by atoms with Crippen molar-refractivity contribution < 1.29 is 9.13 Å². The highest BCUT2D eigenvalue weighted by molar-refractivity contribution is 5.85. The van der Waals surface area contributed by atoms with Crippen LogP contribution in [0, 0.1) is 5.82 Å². The van der Waals surface area contributed by atoms with Crippen LogP contribution in [0.15, 0.2) is 36.4 Å². The van der Waals surface area contributed by atoms with Gasteiger partial charge in [-0.1, -0.05) is 13.0 Å². The van der Waals surface area contributed by atoms with Gasteiger partial charge in [-0.25, -0.2) is 4.39 Å². The first-order valence-electron chi connectivity index (χ1n) is 9.00. The summed E-state index contributed by atoms with van der Waals surface area (Å²) in [6.45, 7) is 5.72. The van der Waals surface area contributed by atoms with Crippen molar-refractivity contribution in [2.75, 3.05) is 13.2 Å². The number of hydrogen-bond donors (Lipinski definition) is 2. The van der Waals surface area contributed by atoms with E-state index in [-0.39, 0.29) is 11.9 Å². The van der Waals surface area contributed by atoms with E-state index in [2.05, 4.69) is 29.4 Å². The van der Waals surface area contributed by atoms with Gasteiger partial charge >= 0.3 is 0 Å². The number of ether oxygens (including phenoxy) is 1. The topological polar surface area (TPSA) is 37.0 Å². The molecule has 0 amide bonds. The fraction of sp³-hybridized carbons (Fsp3) is 0.333. The van der Waals surface area contributed by atoms with Crippen LogP contribution in [0.5, 0.6) is 5.75 Å². The monoisotopic (exact) mass is 338 g/mol. The zero-order valence-corrected chi connectivity index (χ0v) is 14.7. The van der Waals surface area contributed by atoms with E-state index in [0.29, 0.717) is 6.61 Å². The van der Waals surface area contributed by atoms with E-state index >= 15 is 0 Å². The molecule has 4 heteroatoms. The van der Waals surface area contributed by atoms with Crippen molar-refractivity contribution in [1.29, 1.82) is 0 Å². The summed E-state index contributed by atoms with van der Waals surface area (Å²) >= 11 is 0. The molecule has 2 aromatic carbocycles. The Morgan fingerprint density at radius 3 is 2.84 bits per heavy atom. The van der Waals surface area contributed by atoms with E-state index in [1.165, 1.54) is 22.8 Å².